The van der Waals surface area contributed by atoms with Gasteiger partial charge in [-0.2, -0.15) is 0 Å². The minimum absolute atomic E-state index is 0.249. The van der Waals surface area contributed by atoms with Crippen molar-refractivity contribution in [2.75, 3.05) is 6.54 Å². The molecule has 1 atom stereocenters. The minimum atomic E-state index is -1.00. The molecule has 0 bridgehead atoms. The molecule has 1 aromatic carbocycles. The Morgan fingerprint density at radius 3 is 2.74 bits per heavy atom. The van der Waals surface area contributed by atoms with Gasteiger partial charge < -0.3 is 10.0 Å². The minimum Gasteiger partial charge on any atom is -0.479 e. The van der Waals surface area contributed by atoms with Crippen LogP contribution in [0.2, 0.25) is 0 Å². The summed E-state index contributed by atoms with van der Waals surface area (Å²) in [6.45, 7) is 4.44. The first kappa shape index (κ1) is 15.7. The summed E-state index contributed by atoms with van der Waals surface area (Å²) >= 11 is 1.34. The second-order valence-electron chi connectivity index (χ2n) is 5.91. The van der Waals surface area contributed by atoms with E-state index in [4.69, 9.17) is 0 Å². The number of hydrogen-bond acceptors (Lipinski definition) is 4. The Bertz CT molecular complexity index is 754. The lowest BCUT2D eigenvalue weighted by molar-refractivity contribution is -0.143. The van der Waals surface area contributed by atoms with Gasteiger partial charge >= 0.3 is 5.97 Å². The van der Waals surface area contributed by atoms with Crippen LogP contribution in [-0.4, -0.2) is 33.4 Å². The van der Waals surface area contributed by atoms with Crippen LogP contribution in [0.4, 0.5) is 0 Å². The van der Waals surface area contributed by atoms with E-state index in [1.165, 1.54) is 16.2 Å². The predicted molar refractivity (Wildman–Crippen MR) is 87.8 cm³/mol. The number of benzene rings is 1. The lowest BCUT2D eigenvalue weighted by Gasteiger charge is -2.34. The Balaban J connectivity index is 1.95. The fraction of sp³-hybridized carbons (Fsp3) is 0.353. The number of carboxylic acids is 1. The van der Waals surface area contributed by atoms with E-state index >= 15 is 0 Å². The summed E-state index contributed by atoms with van der Waals surface area (Å²) in [6.07, 6.45) is 2.23. The summed E-state index contributed by atoms with van der Waals surface area (Å²) < 4.78 is 0. The standard InChI is InChI=1S/C17H18N2O3S/c1-10(2)15-18-9-13(23-15)16(20)19-8-7-11-5-3-4-6-12(11)14(19)17(21)22/h3-6,9-10,14H,7-8H2,1-2H3,(H,21,22). The Hall–Kier alpha value is -2.21. The highest BCUT2D eigenvalue weighted by molar-refractivity contribution is 7.13. The number of rotatable bonds is 3. The molecule has 0 saturated heterocycles. The van der Waals surface area contributed by atoms with E-state index in [-0.39, 0.29) is 11.8 Å². The average Bonchev–Trinajstić information content (AvgIpc) is 3.03. The van der Waals surface area contributed by atoms with Gasteiger partial charge in [-0.1, -0.05) is 38.1 Å². The molecule has 2 aromatic rings. The molecule has 1 aliphatic rings. The van der Waals surface area contributed by atoms with Gasteiger partial charge in [0.1, 0.15) is 4.88 Å². The molecule has 1 aromatic heterocycles. The third kappa shape index (κ3) is 2.86. The normalized spacial score (nSPS) is 17.2. The Morgan fingerprint density at radius 1 is 1.35 bits per heavy atom. The predicted octanol–water partition coefficient (Wildman–Crippen LogP) is 3.09. The summed E-state index contributed by atoms with van der Waals surface area (Å²) in [4.78, 5) is 30.8. The first-order valence-electron chi connectivity index (χ1n) is 7.56. The number of hydrogen-bond donors (Lipinski definition) is 1. The van der Waals surface area contributed by atoms with Gasteiger partial charge in [-0.25, -0.2) is 9.78 Å². The number of aliphatic carboxylic acids is 1. The molecule has 2 heterocycles. The lowest BCUT2D eigenvalue weighted by atomic mass is 9.92. The molecule has 1 amide bonds. The number of carboxylic acid groups (broad SMARTS) is 1. The molecule has 6 heteroatoms. The zero-order valence-electron chi connectivity index (χ0n) is 13.0. The molecule has 0 spiro atoms. The van der Waals surface area contributed by atoms with E-state index < -0.39 is 12.0 Å². The molecule has 1 aliphatic heterocycles. The van der Waals surface area contributed by atoms with Crippen LogP contribution >= 0.6 is 11.3 Å². The van der Waals surface area contributed by atoms with Crippen molar-refractivity contribution >= 4 is 23.2 Å². The molecular weight excluding hydrogens is 312 g/mol. The van der Waals surface area contributed by atoms with E-state index in [0.29, 0.717) is 23.4 Å². The number of carbonyl (C=O) groups excluding carboxylic acids is 1. The largest absolute Gasteiger partial charge is 0.479 e. The topological polar surface area (TPSA) is 70.5 Å². The van der Waals surface area contributed by atoms with Crippen molar-refractivity contribution < 1.29 is 14.7 Å². The van der Waals surface area contributed by atoms with Gasteiger partial charge in [-0.15, -0.1) is 11.3 Å². The van der Waals surface area contributed by atoms with Crippen LogP contribution in [0, 0.1) is 0 Å². The maximum absolute atomic E-state index is 12.8. The van der Waals surface area contributed by atoms with E-state index in [1.807, 2.05) is 32.0 Å². The van der Waals surface area contributed by atoms with Crippen molar-refractivity contribution in [2.45, 2.75) is 32.2 Å². The average molecular weight is 330 g/mol. The highest BCUT2D eigenvalue weighted by Gasteiger charge is 2.36. The maximum atomic E-state index is 12.8. The Morgan fingerprint density at radius 2 is 2.09 bits per heavy atom. The SMILES string of the molecule is CC(C)c1ncc(C(=O)N2CCc3ccccc3C2C(=O)O)s1. The second-order valence-corrected chi connectivity index (χ2v) is 6.97. The fourth-order valence-electron chi connectivity index (χ4n) is 2.85. The molecule has 1 N–H and O–H groups in total. The van der Waals surface area contributed by atoms with Gasteiger partial charge in [0.15, 0.2) is 6.04 Å². The number of amides is 1. The summed E-state index contributed by atoms with van der Waals surface area (Å²) in [5.41, 5.74) is 1.70. The molecule has 120 valence electrons. The van der Waals surface area contributed by atoms with Crippen LogP contribution in [0.25, 0.3) is 0 Å². The Labute approximate surface area is 138 Å². The van der Waals surface area contributed by atoms with Gasteiger partial charge in [-0.3, -0.25) is 4.79 Å². The maximum Gasteiger partial charge on any atom is 0.331 e. The summed E-state index contributed by atoms with van der Waals surface area (Å²) in [6, 6.07) is 6.49. The molecule has 3 rings (SSSR count). The molecule has 0 radical (unpaired) electrons. The number of carbonyl (C=O) groups is 2. The van der Waals surface area contributed by atoms with Crippen LogP contribution in [0.1, 0.15) is 51.6 Å². The first-order chi connectivity index (χ1) is 11.0. The van der Waals surface area contributed by atoms with Gasteiger partial charge in [-0.05, 0) is 17.5 Å². The van der Waals surface area contributed by atoms with Crippen LogP contribution in [0.5, 0.6) is 0 Å². The van der Waals surface area contributed by atoms with Crippen LogP contribution < -0.4 is 0 Å². The monoisotopic (exact) mass is 330 g/mol. The van der Waals surface area contributed by atoms with E-state index in [0.717, 1.165) is 10.6 Å². The molecule has 0 aliphatic carbocycles. The molecule has 23 heavy (non-hydrogen) atoms. The highest BCUT2D eigenvalue weighted by Crippen LogP contribution is 2.32. The molecule has 5 nitrogen and oxygen atoms in total. The quantitative estimate of drug-likeness (QED) is 0.939. The van der Waals surface area contributed by atoms with Crippen molar-refractivity contribution in [3.63, 3.8) is 0 Å². The summed E-state index contributed by atoms with van der Waals surface area (Å²) in [5.74, 6) is -1.01. The summed E-state index contributed by atoms with van der Waals surface area (Å²) in [7, 11) is 0. The lowest BCUT2D eigenvalue weighted by Crippen LogP contribution is -2.43. The number of aromatic nitrogens is 1. The van der Waals surface area contributed by atoms with E-state index in [1.54, 1.807) is 12.3 Å². The summed E-state index contributed by atoms with van der Waals surface area (Å²) in [5, 5.41) is 10.5. The zero-order chi connectivity index (χ0) is 16.6. The van der Waals surface area contributed by atoms with E-state index in [9.17, 15) is 14.7 Å². The molecular formula is C17H18N2O3S. The molecule has 0 fully saturated rings. The number of nitrogens with zero attached hydrogens (tertiary/aromatic N) is 2. The van der Waals surface area contributed by atoms with Crippen LogP contribution in [0.15, 0.2) is 30.5 Å². The number of fused-ring (bicyclic) bond motifs is 1. The third-order valence-electron chi connectivity index (χ3n) is 4.01. The first-order valence-corrected chi connectivity index (χ1v) is 8.38. The van der Waals surface area contributed by atoms with Crippen molar-refractivity contribution in [1.29, 1.82) is 0 Å². The Kier molecular flexibility index (Phi) is 4.17. The van der Waals surface area contributed by atoms with Crippen molar-refractivity contribution in [2.24, 2.45) is 0 Å². The van der Waals surface area contributed by atoms with Crippen LogP contribution in [0.3, 0.4) is 0 Å². The molecule has 0 saturated carbocycles. The van der Waals surface area contributed by atoms with Crippen molar-refractivity contribution in [3.8, 4) is 0 Å². The zero-order valence-corrected chi connectivity index (χ0v) is 13.8. The number of thiazole rings is 1. The van der Waals surface area contributed by atoms with Gasteiger partial charge in [0.25, 0.3) is 5.91 Å². The third-order valence-corrected chi connectivity index (χ3v) is 5.29. The van der Waals surface area contributed by atoms with Gasteiger partial charge in [0.05, 0.1) is 11.2 Å². The highest BCUT2D eigenvalue weighted by atomic mass is 32.1. The fourth-order valence-corrected chi connectivity index (χ4v) is 3.72. The van der Waals surface area contributed by atoms with Crippen molar-refractivity contribution in [1.82, 2.24) is 9.88 Å². The second kappa shape index (κ2) is 6.12. The van der Waals surface area contributed by atoms with Gasteiger partial charge in [0, 0.05) is 12.5 Å². The molecule has 1 unspecified atom stereocenters. The van der Waals surface area contributed by atoms with Crippen LogP contribution in [-0.2, 0) is 11.2 Å². The van der Waals surface area contributed by atoms with Crippen molar-refractivity contribution in [3.05, 3.63) is 51.5 Å². The van der Waals surface area contributed by atoms with Gasteiger partial charge in [0.2, 0.25) is 0 Å². The van der Waals surface area contributed by atoms with E-state index in [2.05, 4.69) is 4.98 Å². The smallest absolute Gasteiger partial charge is 0.331 e.